The molecule has 0 saturated carbocycles. The first-order valence-electron chi connectivity index (χ1n) is 5.55. The van der Waals surface area contributed by atoms with E-state index in [9.17, 15) is 4.79 Å². The van der Waals surface area contributed by atoms with E-state index in [1.807, 2.05) is 0 Å². The van der Waals surface area contributed by atoms with Crippen LogP contribution in [-0.2, 0) is 15.2 Å². The van der Waals surface area contributed by atoms with Gasteiger partial charge in [0.2, 0.25) is 0 Å². The third-order valence-corrected chi connectivity index (χ3v) is 3.23. The Bertz CT molecular complexity index is 435. The molecule has 1 atom stereocenters. The zero-order chi connectivity index (χ0) is 14.5. The average Bonchev–Trinajstić information content (AvgIpc) is 2.34. The van der Waals surface area contributed by atoms with E-state index in [1.165, 1.54) is 7.11 Å². The van der Waals surface area contributed by atoms with Crippen molar-refractivity contribution in [2.75, 3.05) is 13.9 Å². The Labute approximate surface area is 121 Å². The molecule has 1 rings (SSSR count). The van der Waals surface area contributed by atoms with E-state index in [-0.39, 0.29) is 6.79 Å². The summed E-state index contributed by atoms with van der Waals surface area (Å²) in [5.74, 6) is 0. The number of hydrogen-bond donors (Lipinski definition) is 2. The maximum absolute atomic E-state index is 11.0. The SMILES string of the molecule is CC[C@](NC(=O)O)(OCOC)c1c(Cl)cccc1Cl. The number of carboxylic acid groups (broad SMARTS) is 1. The van der Waals surface area contributed by atoms with Crippen molar-refractivity contribution < 1.29 is 19.4 Å². The summed E-state index contributed by atoms with van der Waals surface area (Å²) in [4.78, 5) is 11.0. The second-order valence-corrected chi connectivity index (χ2v) is 4.57. The molecule has 106 valence electrons. The second-order valence-electron chi connectivity index (χ2n) is 3.76. The molecule has 7 heteroatoms. The monoisotopic (exact) mass is 307 g/mol. The molecule has 0 saturated heterocycles. The van der Waals surface area contributed by atoms with Gasteiger partial charge in [0.25, 0.3) is 0 Å². The molecule has 0 fully saturated rings. The number of rotatable bonds is 6. The van der Waals surface area contributed by atoms with E-state index >= 15 is 0 Å². The van der Waals surface area contributed by atoms with Crippen LogP contribution in [0.2, 0.25) is 10.0 Å². The lowest BCUT2D eigenvalue weighted by Gasteiger charge is -2.34. The van der Waals surface area contributed by atoms with Crippen molar-refractivity contribution >= 4 is 29.3 Å². The number of halogens is 2. The van der Waals surface area contributed by atoms with Gasteiger partial charge in [0.1, 0.15) is 6.79 Å². The van der Waals surface area contributed by atoms with Crippen LogP contribution in [0, 0.1) is 0 Å². The molecule has 0 unspecified atom stereocenters. The van der Waals surface area contributed by atoms with Gasteiger partial charge in [-0.3, -0.25) is 5.32 Å². The summed E-state index contributed by atoms with van der Waals surface area (Å²) < 4.78 is 10.3. The van der Waals surface area contributed by atoms with Gasteiger partial charge in [-0.25, -0.2) is 4.79 Å². The van der Waals surface area contributed by atoms with Crippen molar-refractivity contribution in [1.29, 1.82) is 0 Å². The number of nitrogens with one attached hydrogen (secondary N) is 1. The van der Waals surface area contributed by atoms with Gasteiger partial charge in [-0.2, -0.15) is 0 Å². The van der Waals surface area contributed by atoms with Crippen LogP contribution in [0.15, 0.2) is 18.2 Å². The van der Waals surface area contributed by atoms with E-state index in [4.69, 9.17) is 37.8 Å². The fourth-order valence-electron chi connectivity index (χ4n) is 1.75. The van der Waals surface area contributed by atoms with Crippen LogP contribution in [0.25, 0.3) is 0 Å². The summed E-state index contributed by atoms with van der Waals surface area (Å²) in [5.41, 5.74) is -0.975. The minimum atomic E-state index is -1.35. The van der Waals surface area contributed by atoms with Crippen LogP contribution < -0.4 is 5.32 Å². The Morgan fingerprint density at radius 3 is 2.42 bits per heavy atom. The summed E-state index contributed by atoms with van der Waals surface area (Å²) in [6, 6.07) is 4.91. The molecule has 0 spiro atoms. The average molecular weight is 308 g/mol. The molecule has 0 aliphatic heterocycles. The smallest absolute Gasteiger partial charge is 0.407 e. The minimum Gasteiger partial charge on any atom is -0.465 e. The number of amides is 1. The van der Waals surface area contributed by atoms with E-state index < -0.39 is 11.8 Å². The third-order valence-electron chi connectivity index (χ3n) is 2.60. The summed E-state index contributed by atoms with van der Waals surface area (Å²) in [7, 11) is 1.44. The van der Waals surface area contributed by atoms with Gasteiger partial charge in [-0.05, 0) is 18.6 Å². The molecular weight excluding hydrogens is 293 g/mol. The van der Waals surface area contributed by atoms with Gasteiger partial charge in [-0.15, -0.1) is 0 Å². The van der Waals surface area contributed by atoms with Crippen molar-refractivity contribution in [3.05, 3.63) is 33.8 Å². The van der Waals surface area contributed by atoms with Gasteiger partial charge < -0.3 is 14.6 Å². The highest BCUT2D eigenvalue weighted by molar-refractivity contribution is 6.36. The van der Waals surface area contributed by atoms with E-state index in [1.54, 1.807) is 25.1 Å². The number of ether oxygens (including phenoxy) is 2. The van der Waals surface area contributed by atoms with Crippen molar-refractivity contribution in [3.8, 4) is 0 Å². The molecule has 1 amide bonds. The van der Waals surface area contributed by atoms with Crippen LogP contribution in [0.1, 0.15) is 18.9 Å². The van der Waals surface area contributed by atoms with Crippen molar-refractivity contribution in [2.24, 2.45) is 0 Å². The number of methoxy groups -OCH3 is 1. The fourth-order valence-corrected chi connectivity index (χ4v) is 2.46. The van der Waals surface area contributed by atoms with Crippen LogP contribution in [-0.4, -0.2) is 25.1 Å². The third kappa shape index (κ3) is 3.73. The molecule has 0 bridgehead atoms. The fraction of sp³-hybridized carbons (Fsp3) is 0.417. The van der Waals surface area contributed by atoms with Crippen LogP contribution in [0.3, 0.4) is 0 Å². The largest absolute Gasteiger partial charge is 0.465 e. The van der Waals surface area contributed by atoms with E-state index in [2.05, 4.69) is 5.32 Å². The standard InChI is InChI=1S/C12H15Cl2NO4/c1-3-12(15-11(16)17,19-7-18-2)10-8(13)5-4-6-9(10)14/h4-6,15H,3,7H2,1-2H3,(H,16,17)/t12-/m0/s1. The predicted octanol–water partition coefficient (Wildman–Crippen LogP) is 3.44. The zero-order valence-electron chi connectivity index (χ0n) is 10.6. The normalized spacial score (nSPS) is 13.9. The van der Waals surface area contributed by atoms with Crippen LogP contribution in [0.5, 0.6) is 0 Å². The lowest BCUT2D eigenvalue weighted by molar-refractivity contribution is -0.149. The highest BCUT2D eigenvalue weighted by atomic mass is 35.5. The second kappa shape index (κ2) is 6.96. The number of benzene rings is 1. The predicted molar refractivity (Wildman–Crippen MR) is 72.6 cm³/mol. The van der Waals surface area contributed by atoms with Gasteiger partial charge in [0, 0.05) is 12.7 Å². The maximum atomic E-state index is 11.0. The Morgan fingerprint density at radius 1 is 1.42 bits per heavy atom. The number of carbonyl (C=O) groups is 1. The lowest BCUT2D eigenvalue weighted by Crippen LogP contribution is -2.48. The number of hydrogen-bond acceptors (Lipinski definition) is 3. The highest BCUT2D eigenvalue weighted by Gasteiger charge is 2.37. The first-order chi connectivity index (χ1) is 8.96. The summed E-state index contributed by atoms with van der Waals surface area (Å²) >= 11 is 12.2. The molecule has 2 N–H and O–H groups in total. The Kier molecular flexibility index (Phi) is 5.87. The molecule has 0 aliphatic carbocycles. The zero-order valence-corrected chi connectivity index (χ0v) is 12.1. The summed E-state index contributed by atoms with van der Waals surface area (Å²) in [6.45, 7) is 1.65. The molecule has 0 aliphatic rings. The molecule has 0 heterocycles. The van der Waals surface area contributed by atoms with Crippen LogP contribution >= 0.6 is 23.2 Å². The van der Waals surface area contributed by atoms with Gasteiger partial charge in [0.05, 0.1) is 10.0 Å². The topological polar surface area (TPSA) is 67.8 Å². The molecule has 5 nitrogen and oxygen atoms in total. The highest BCUT2D eigenvalue weighted by Crippen LogP contribution is 2.37. The molecule has 1 aromatic rings. The van der Waals surface area contributed by atoms with E-state index in [0.717, 1.165) is 0 Å². The van der Waals surface area contributed by atoms with Gasteiger partial charge >= 0.3 is 6.09 Å². The Balaban J connectivity index is 3.31. The molecule has 0 radical (unpaired) electrons. The first kappa shape index (κ1) is 16.0. The quantitative estimate of drug-likeness (QED) is 0.790. The maximum Gasteiger partial charge on any atom is 0.407 e. The van der Waals surface area contributed by atoms with Crippen molar-refractivity contribution in [1.82, 2.24) is 5.32 Å². The van der Waals surface area contributed by atoms with Crippen LogP contribution in [0.4, 0.5) is 4.79 Å². The summed E-state index contributed by atoms with van der Waals surface area (Å²) in [5, 5.41) is 12.0. The first-order valence-corrected chi connectivity index (χ1v) is 6.31. The van der Waals surface area contributed by atoms with Crippen molar-refractivity contribution in [3.63, 3.8) is 0 Å². The Hall–Kier alpha value is -1.01. The van der Waals surface area contributed by atoms with E-state index in [0.29, 0.717) is 22.0 Å². The molecule has 0 aromatic heterocycles. The molecule has 1 aromatic carbocycles. The molecular formula is C12H15Cl2NO4. The minimum absolute atomic E-state index is 0.102. The van der Waals surface area contributed by atoms with Crippen molar-refractivity contribution in [2.45, 2.75) is 19.1 Å². The van der Waals surface area contributed by atoms with Gasteiger partial charge in [-0.1, -0.05) is 36.2 Å². The lowest BCUT2D eigenvalue weighted by atomic mass is 9.99. The Morgan fingerprint density at radius 2 is 2.00 bits per heavy atom. The van der Waals surface area contributed by atoms with Gasteiger partial charge in [0.15, 0.2) is 5.72 Å². The molecule has 19 heavy (non-hydrogen) atoms. The summed E-state index contributed by atoms with van der Waals surface area (Å²) in [6.07, 6.45) is -0.944.